The predicted octanol–water partition coefficient (Wildman–Crippen LogP) is 3.70. The lowest BCUT2D eigenvalue weighted by atomic mass is 10.1. The Kier molecular flexibility index (Phi) is 6.04. The van der Waals surface area contributed by atoms with Crippen LogP contribution in [0.5, 0.6) is 0 Å². The Hall–Kier alpha value is -2.66. The largest absolute Gasteiger partial charge is 0.416 e. The van der Waals surface area contributed by atoms with Gasteiger partial charge in [0.1, 0.15) is 0 Å². The van der Waals surface area contributed by atoms with Gasteiger partial charge in [0.15, 0.2) is 9.84 Å². The summed E-state index contributed by atoms with van der Waals surface area (Å²) in [5.41, 5.74) is 0.0373. The second-order valence-electron chi connectivity index (χ2n) is 7.27. The summed E-state index contributed by atoms with van der Waals surface area (Å²) in [5.74, 6) is 0. The fraction of sp³-hybridized carbons (Fsp3) is 0.368. The second-order valence-corrected chi connectivity index (χ2v) is 9.25. The average molecular weight is 443 g/mol. The zero-order valence-electron chi connectivity index (χ0n) is 16.0. The summed E-state index contributed by atoms with van der Waals surface area (Å²) < 4.78 is 62.1. The number of nitrogens with one attached hydrogen (secondary N) is 1. The first-order valence-electron chi connectivity index (χ1n) is 9.07. The standard InChI is InChI=1S/C19H20F3N3O4S/c1-30(28,29)18-10-16(25(26)27)6-7-17(18)23-15-8-9-24(12-15)11-13-2-4-14(5-3-13)19(20,21)22/h2-7,10,15,23H,8-9,11-12H2,1H3. The summed E-state index contributed by atoms with van der Waals surface area (Å²) in [6.45, 7) is 1.70. The van der Waals surface area contributed by atoms with Gasteiger partial charge in [0, 0.05) is 44.1 Å². The third-order valence-corrected chi connectivity index (χ3v) is 6.03. The maximum absolute atomic E-state index is 12.7. The zero-order valence-corrected chi connectivity index (χ0v) is 16.8. The first-order valence-corrected chi connectivity index (χ1v) is 11.0. The summed E-state index contributed by atoms with van der Waals surface area (Å²) in [5, 5.41) is 14.1. The number of nitro benzene ring substituents is 1. The summed E-state index contributed by atoms with van der Waals surface area (Å²) in [7, 11) is -3.68. The number of hydrogen-bond acceptors (Lipinski definition) is 6. The van der Waals surface area contributed by atoms with Crippen molar-refractivity contribution in [1.29, 1.82) is 0 Å². The van der Waals surface area contributed by atoms with Crippen molar-refractivity contribution in [3.8, 4) is 0 Å². The number of rotatable bonds is 6. The van der Waals surface area contributed by atoms with Crippen LogP contribution in [0.25, 0.3) is 0 Å². The van der Waals surface area contributed by atoms with Crippen LogP contribution in [0.1, 0.15) is 17.5 Å². The number of halogens is 3. The average Bonchev–Trinajstić information content (AvgIpc) is 3.07. The van der Waals surface area contributed by atoms with E-state index >= 15 is 0 Å². The van der Waals surface area contributed by atoms with Crippen molar-refractivity contribution in [3.05, 3.63) is 63.7 Å². The summed E-state index contributed by atoms with van der Waals surface area (Å²) in [4.78, 5) is 12.2. The molecule has 0 aromatic heterocycles. The molecule has 1 atom stereocenters. The Morgan fingerprint density at radius 2 is 1.87 bits per heavy atom. The third kappa shape index (κ3) is 5.28. The Morgan fingerprint density at radius 1 is 1.20 bits per heavy atom. The molecule has 11 heteroatoms. The molecule has 1 N–H and O–H groups in total. The van der Waals surface area contributed by atoms with Crippen molar-refractivity contribution in [2.24, 2.45) is 0 Å². The molecule has 1 fully saturated rings. The molecule has 0 radical (unpaired) electrons. The first-order chi connectivity index (χ1) is 13.9. The molecule has 162 valence electrons. The summed E-state index contributed by atoms with van der Waals surface area (Å²) in [6.07, 6.45) is -2.69. The topological polar surface area (TPSA) is 92.5 Å². The van der Waals surface area contributed by atoms with E-state index in [9.17, 15) is 31.7 Å². The van der Waals surface area contributed by atoms with Gasteiger partial charge >= 0.3 is 6.18 Å². The lowest BCUT2D eigenvalue weighted by molar-refractivity contribution is -0.385. The van der Waals surface area contributed by atoms with Gasteiger partial charge in [0.25, 0.3) is 5.69 Å². The van der Waals surface area contributed by atoms with Gasteiger partial charge in [-0.05, 0) is 30.2 Å². The van der Waals surface area contributed by atoms with Crippen LogP contribution < -0.4 is 5.32 Å². The van der Waals surface area contributed by atoms with E-state index in [1.165, 1.54) is 24.3 Å². The Morgan fingerprint density at radius 3 is 2.43 bits per heavy atom. The molecule has 0 aliphatic carbocycles. The number of likely N-dealkylation sites (tertiary alicyclic amines) is 1. The van der Waals surface area contributed by atoms with Gasteiger partial charge < -0.3 is 5.32 Å². The minimum atomic E-state index is -4.37. The van der Waals surface area contributed by atoms with E-state index in [2.05, 4.69) is 5.32 Å². The van der Waals surface area contributed by atoms with Crippen molar-refractivity contribution in [3.63, 3.8) is 0 Å². The molecule has 3 rings (SSSR count). The molecule has 1 unspecified atom stereocenters. The Bertz CT molecular complexity index is 1040. The van der Waals surface area contributed by atoms with Crippen molar-refractivity contribution >= 4 is 21.2 Å². The maximum atomic E-state index is 12.7. The smallest absolute Gasteiger partial charge is 0.380 e. The highest BCUT2D eigenvalue weighted by atomic mass is 32.2. The Labute approximate surface area is 171 Å². The molecular weight excluding hydrogens is 423 g/mol. The molecule has 0 bridgehead atoms. The quantitative estimate of drug-likeness (QED) is 0.541. The van der Waals surface area contributed by atoms with Crippen LogP contribution >= 0.6 is 0 Å². The van der Waals surface area contributed by atoms with E-state index in [0.29, 0.717) is 31.7 Å². The molecule has 0 saturated carbocycles. The second kappa shape index (κ2) is 8.23. The minimum absolute atomic E-state index is 0.0959. The summed E-state index contributed by atoms with van der Waals surface area (Å²) >= 11 is 0. The van der Waals surface area contributed by atoms with Gasteiger partial charge in [-0.1, -0.05) is 12.1 Å². The zero-order chi connectivity index (χ0) is 22.1. The monoisotopic (exact) mass is 443 g/mol. The highest BCUT2D eigenvalue weighted by molar-refractivity contribution is 7.90. The number of sulfone groups is 1. The first kappa shape index (κ1) is 22.0. The maximum Gasteiger partial charge on any atom is 0.416 e. The molecule has 2 aromatic carbocycles. The van der Waals surface area contributed by atoms with Crippen LogP contribution in [0.3, 0.4) is 0 Å². The molecule has 7 nitrogen and oxygen atoms in total. The number of hydrogen-bond donors (Lipinski definition) is 1. The van der Waals surface area contributed by atoms with E-state index < -0.39 is 26.5 Å². The van der Waals surface area contributed by atoms with E-state index in [-0.39, 0.29) is 16.6 Å². The van der Waals surface area contributed by atoms with E-state index in [0.717, 1.165) is 30.0 Å². The molecule has 1 aliphatic heterocycles. The Balaban J connectivity index is 1.67. The van der Waals surface area contributed by atoms with Gasteiger partial charge in [-0.15, -0.1) is 0 Å². The molecule has 0 spiro atoms. The van der Waals surface area contributed by atoms with Crippen molar-refractivity contribution < 1.29 is 26.5 Å². The minimum Gasteiger partial charge on any atom is -0.380 e. The van der Waals surface area contributed by atoms with Gasteiger partial charge in [-0.3, -0.25) is 15.0 Å². The van der Waals surface area contributed by atoms with E-state index in [1.54, 1.807) is 0 Å². The molecule has 1 aliphatic rings. The van der Waals surface area contributed by atoms with Crippen LogP contribution in [-0.2, 0) is 22.6 Å². The number of alkyl halides is 3. The van der Waals surface area contributed by atoms with Crippen molar-refractivity contribution in [2.45, 2.75) is 30.1 Å². The number of nitrogens with zero attached hydrogens (tertiary/aromatic N) is 2. The van der Waals surface area contributed by atoms with Crippen LogP contribution in [0.4, 0.5) is 24.5 Å². The van der Waals surface area contributed by atoms with Crippen molar-refractivity contribution in [2.75, 3.05) is 24.7 Å². The predicted molar refractivity (Wildman–Crippen MR) is 105 cm³/mol. The molecule has 30 heavy (non-hydrogen) atoms. The molecule has 1 saturated heterocycles. The number of benzene rings is 2. The highest BCUT2D eigenvalue weighted by Crippen LogP contribution is 2.30. The normalized spacial score (nSPS) is 17.8. The third-order valence-electron chi connectivity index (χ3n) is 4.89. The van der Waals surface area contributed by atoms with Crippen molar-refractivity contribution in [1.82, 2.24) is 4.90 Å². The SMILES string of the molecule is CS(=O)(=O)c1cc([N+](=O)[O-])ccc1NC1CCN(Cc2ccc(C(F)(F)F)cc2)C1. The molecule has 1 heterocycles. The summed E-state index contributed by atoms with van der Waals surface area (Å²) in [6, 6.07) is 8.56. The lowest BCUT2D eigenvalue weighted by Crippen LogP contribution is -2.26. The van der Waals surface area contributed by atoms with Crippen LogP contribution in [0.2, 0.25) is 0 Å². The molecular formula is C19H20F3N3O4S. The van der Waals surface area contributed by atoms with Gasteiger partial charge in [-0.25, -0.2) is 8.42 Å². The highest BCUT2D eigenvalue weighted by Gasteiger charge is 2.30. The fourth-order valence-corrected chi connectivity index (χ4v) is 4.28. The van der Waals surface area contributed by atoms with Crippen LogP contribution in [0.15, 0.2) is 47.4 Å². The molecule has 0 amide bonds. The van der Waals surface area contributed by atoms with Gasteiger partial charge in [-0.2, -0.15) is 13.2 Å². The lowest BCUT2D eigenvalue weighted by Gasteiger charge is -2.19. The van der Waals surface area contributed by atoms with Gasteiger partial charge in [0.05, 0.1) is 21.1 Å². The van der Waals surface area contributed by atoms with E-state index in [1.807, 2.05) is 4.90 Å². The van der Waals surface area contributed by atoms with Crippen LogP contribution in [0, 0.1) is 10.1 Å². The molecule has 2 aromatic rings. The van der Waals surface area contributed by atoms with E-state index in [4.69, 9.17) is 0 Å². The number of anilines is 1. The van der Waals surface area contributed by atoms with Gasteiger partial charge in [0.2, 0.25) is 0 Å². The number of non-ortho nitro benzene ring substituents is 1. The number of nitro groups is 1. The van der Waals surface area contributed by atoms with Crippen LogP contribution in [-0.4, -0.2) is 43.6 Å². The fourth-order valence-electron chi connectivity index (χ4n) is 3.42.